The van der Waals surface area contributed by atoms with E-state index >= 15 is 0 Å². The molecule has 1 aliphatic heterocycles. The fourth-order valence-corrected chi connectivity index (χ4v) is 2.56. The average molecular weight is 244 g/mol. The van der Waals surface area contributed by atoms with E-state index in [0.29, 0.717) is 25.2 Å². The molecule has 17 heavy (non-hydrogen) atoms. The number of ether oxygens (including phenoxy) is 2. The van der Waals surface area contributed by atoms with Gasteiger partial charge in [-0.1, -0.05) is 0 Å². The molecule has 0 bridgehead atoms. The van der Waals surface area contributed by atoms with Gasteiger partial charge in [0.25, 0.3) is 0 Å². The van der Waals surface area contributed by atoms with Crippen LogP contribution in [0.2, 0.25) is 0 Å². The topological polar surface area (TPSA) is 47.7 Å². The summed E-state index contributed by atoms with van der Waals surface area (Å²) in [5.41, 5.74) is 5.73. The zero-order valence-corrected chi connectivity index (χ0v) is 11.5. The van der Waals surface area contributed by atoms with Crippen LogP contribution in [0.25, 0.3) is 0 Å². The Morgan fingerprint density at radius 2 is 1.94 bits per heavy atom. The molecule has 2 unspecified atom stereocenters. The Morgan fingerprint density at radius 1 is 1.29 bits per heavy atom. The van der Waals surface area contributed by atoms with Gasteiger partial charge in [0.1, 0.15) is 0 Å². The third-order valence-corrected chi connectivity index (χ3v) is 3.48. The Bertz CT molecular complexity index is 196. The summed E-state index contributed by atoms with van der Waals surface area (Å²) in [7, 11) is 0. The summed E-state index contributed by atoms with van der Waals surface area (Å²) >= 11 is 0. The second-order valence-electron chi connectivity index (χ2n) is 4.81. The average Bonchev–Trinajstić information content (AvgIpc) is 2.68. The monoisotopic (exact) mass is 244 g/mol. The zero-order chi connectivity index (χ0) is 12.7. The highest BCUT2D eigenvalue weighted by atomic mass is 16.7. The summed E-state index contributed by atoms with van der Waals surface area (Å²) in [6.45, 7) is 10.7. The number of hydrogen-bond acceptors (Lipinski definition) is 4. The molecule has 0 radical (unpaired) electrons. The fourth-order valence-electron chi connectivity index (χ4n) is 2.56. The lowest BCUT2D eigenvalue weighted by atomic mass is 10.1. The molecular formula is C13H28N2O2. The van der Waals surface area contributed by atoms with Crippen molar-refractivity contribution in [1.82, 2.24) is 4.90 Å². The maximum absolute atomic E-state index is 5.73. The maximum atomic E-state index is 5.73. The molecule has 1 saturated heterocycles. The predicted molar refractivity (Wildman–Crippen MR) is 69.9 cm³/mol. The molecule has 0 aromatic carbocycles. The smallest absolute Gasteiger partial charge is 0.158 e. The van der Waals surface area contributed by atoms with Crippen LogP contribution < -0.4 is 5.73 Å². The van der Waals surface area contributed by atoms with Gasteiger partial charge in [-0.05, 0) is 39.7 Å². The highest BCUT2D eigenvalue weighted by Crippen LogP contribution is 2.22. The molecule has 102 valence electrons. The van der Waals surface area contributed by atoms with Crippen LogP contribution in [0.4, 0.5) is 0 Å². The summed E-state index contributed by atoms with van der Waals surface area (Å²) < 4.78 is 11.1. The highest BCUT2D eigenvalue weighted by molar-refractivity contribution is 4.82. The van der Waals surface area contributed by atoms with Crippen LogP contribution >= 0.6 is 0 Å². The van der Waals surface area contributed by atoms with E-state index in [1.165, 1.54) is 6.42 Å². The van der Waals surface area contributed by atoms with Crippen molar-refractivity contribution in [3.05, 3.63) is 0 Å². The summed E-state index contributed by atoms with van der Waals surface area (Å²) in [6, 6.07) is 0.646. The van der Waals surface area contributed by atoms with E-state index in [2.05, 4.69) is 11.8 Å². The first-order valence-corrected chi connectivity index (χ1v) is 6.88. The van der Waals surface area contributed by atoms with Crippen LogP contribution in [-0.4, -0.2) is 50.1 Å². The summed E-state index contributed by atoms with van der Waals surface area (Å²) in [5.74, 6) is 0.669. The van der Waals surface area contributed by atoms with Crippen LogP contribution in [0.1, 0.15) is 33.6 Å². The number of likely N-dealkylation sites (tertiary alicyclic amines) is 1. The Kier molecular flexibility index (Phi) is 7.04. The van der Waals surface area contributed by atoms with Crippen molar-refractivity contribution in [3.63, 3.8) is 0 Å². The minimum absolute atomic E-state index is 0.0471. The Hall–Kier alpha value is -0.160. The van der Waals surface area contributed by atoms with E-state index in [1.807, 2.05) is 13.8 Å². The van der Waals surface area contributed by atoms with Gasteiger partial charge < -0.3 is 20.1 Å². The van der Waals surface area contributed by atoms with E-state index in [0.717, 1.165) is 26.1 Å². The van der Waals surface area contributed by atoms with Crippen molar-refractivity contribution >= 4 is 0 Å². The van der Waals surface area contributed by atoms with Crippen LogP contribution in [-0.2, 0) is 9.47 Å². The SMILES string of the molecule is CCOC(CCN1CC(CN)CC1C)OCC. The van der Waals surface area contributed by atoms with E-state index in [9.17, 15) is 0 Å². The van der Waals surface area contributed by atoms with Crippen molar-refractivity contribution < 1.29 is 9.47 Å². The number of nitrogens with two attached hydrogens (primary N) is 1. The van der Waals surface area contributed by atoms with Gasteiger partial charge in [0.05, 0.1) is 0 Å². The molecule has 2 atom stereocenters. The molecule has 0 aliphatic carbocycles. The quantitative estimate of drug-likeness (QED) is 0.656. The third-order valence-electron chi connectivity index (χ3n) is 3.48. The van der Waals surface area contributed by atoms with Gasteiger partial charge in [-0.25, -0.2) is 0 Å². The molecule has 0 amide bonds. The van der Waals surface area contributed by atoms with Crippen molar-refractivity contribution in [2.75, 3.05) is 32.8 Å². The minimum atomic E-state index is -0.0471. The molecule has 0 spiro atoms. The molecule has 1 heterocycles. The van der Waals surface area contributed by atoms with Gasteiger partial charge in [0.15, 0.2) is 6.29 Å². The first-order valence-electron chi connectivity index (χ1n) is 6.88. The predicted octanol–water partition coefficient (Wildman–Crippen LogP) is 1.44. The minimum Gasteiger partial charge on any atom is -0.353 e. The zero-order valence-electron chi connectivity index (χ0n) is 11.5. The van der Waals surface area contributed by atoms with Crippen molar-refractivity contribution in [2.45, 2.75) is 45.9 Å². The second kappa shape index (κ2) is 8.03. The van der Waals surface area contributed by atoms with Crippen molar-refractivity contribution in [1.29, 1.82) is 0 Å². The van der Waals surface area contributed by atoms with Gasteiger partial charge >= 0.3 is 0 Å². The van der Waals surface area contributed by atoms with Gasteiger partial charge in [-0.2, -0.15) is 0 Å². The maximum Gasteiger partial charge on any atom is 0.158 e. The Morgan fingerprint density at radius 3 is 2.41 bits per heavy atom. The first kappa shape index (κ1) is 14.9. The molecule has 2 N–H and O–H groups in total. The molecule has 4 nitrogen and oxygen atoms in total. The number of hydrogen-bond donors (Lipinski definition) is 1. The molecule has 1 rings (SSSR count). The van der Waals surface area contributed by atoms with Crippen molar-refractivity contribution in [2.24, 2.45) is 11.7 Å². The molecule has 0 saturated carbocycles. The van der Waals surface area contributed by atoms with Crippen LogP contribution in [0.3, 0.4) is 0 Å². The molecular weight excluding hydrogens is 216 g/mol. The number of rotatable bonds is 8. The van der Waals surface area contributed by atoms with E-state index < -0.39 is 0 Å². The van der Waals surface area contributed by atoms with Gasteiger partial charge in [-0.15, -0.1) is 0 Å². The van der Waals surface area contributed by atoms with Gasteiger partial charge in [0.2, 0.25) is 0 Å². The van der Waals surface area contributed by atoms with E-state index in [1.54, 1.807) is 0 Å². The lowest BCUT2D eigenvalue weighted by Crippen LogP contribution is -2.32. The van der Waals surface area contributed by atoms with Crippen LogP contribution in [0.15, 0.2) is 0 Å². The van der Waals surface area contributed by atoms with E-state index in [-0.39, 0.29) is 6.29 Å². The molecule has 1 aliphatic rings. The van der Waals surface area contributed by atoms with Gasteiger partial charge in [0, 0.05) is 38.8 Å². The molecule has 1 fully saturated rings. The van der Waals surface area contributed by atoms with Gasteiger partial charge in [-0.3, -0.25) is 0 Å². The summed E-state index contributed by atoms with van der Waals surface area (Å²) in [6.07, 6.45) is 2.13. The third kappa shape index (κ3) is 4.92. The lowest BCUT2D eigenvalue weighted by Gasteiger charge is -2.24. The van der Waals surface area contributed by atoms with Crippen LogP contribution in [0, 0.1) is 5.92 Å². The Labute approximate surface area is 105 Å². The van der Waals surface area contributed by atoms with Crippen molar-refractivity contribution in [3.8, 4) is 0 Å². The standard InChI is InChI=1S/C13H28N2O2/c1-4-16-13(17-5-2)6-7-15-10-12(9-14)8-11(15)3/h11-13H,4-10,14H2,1-3H3. The second-order valence-corrected chi connectivity index (χ2v) is 4.81. The lowest BCUT2D eigenvalue weighted by molar-refractivity contribution is -0.141. The van der Waals surface area contributed by atoms with E-state index in [4.69, 9.17) is 15.2 Å². The Balaban J connectivity index is 2.28. The number of nitrogens with zero attached hydrogens (tertiary/aromatic N) is 1. The highest BCUT2D eigenvalue weighted by Gasteiger charge is 2.28. The summed E-state index contributed by atoms with van der Waals surface area (Å²) in [5, 5.41) is 0. The molecule has 0 aromatic heterocycles. The normalized spacial score (nSPS) is 25.9. The summed E-state index contributed by atoms with van der Waals surface area (Å²) in [4.78, 5) is 2.50. The fraction of sp³-hybridized carbons (Fsp3) is 1.00. The largest absolute Gasteiger partial charge is 0.353 e. The first-order chi connectivity index (χ1) is 8.21. The molecule has 4 heteroatoms. The molecule has 0 aromatic rings. The van der Waals surface area contributed by atoms with Crippen LogP contribution in [0.5, 0.6) is 0 Å².